The third-order valence-corrected chi connectivity index (χ3v) is 3.49. The Bertz CT molecular complexity index is 572. The fraction of sp³-hybridized carbons (Fsp3) is 0.529. The molecule has 0 bridgehead atoms. The molecule has 0 saturated heterocycles. The van der Waals surface area contributed by atoms with Crippen LogP contribution in [-0.4, -0.2) is 21.1 Å². The van der Waals surface area contributed by atoms with Crippen LogP contribution < -0.4 is 5.32 Å². The van der Waals surface area contributed by atoms with Crippen LogP contribution >= 0.6 is 0 Å². The van der Waals surface area contributed by atoms with Gasteiger partial charge in [-0.2, -0.15) is 0 Å². The molecule has 0 spiro atoms. The molecule has 0 atom stereocenters. The molecule has 0 saturated carbocycles. The number of pyridine rings is 1. The number of nitrogens with one attached hydrogen (secondary N) is 1. The van der Waals surface area contributed by atoms with E-state index in [0.717, 1.165) is 43.3 Å². The van der Waals surface area contributed by atoms with Crippen molar-refractivity contribution in [3.8, 4) is 5.82 Å². The van der Waals surface area contributed by atoms with E-state index >= 15 is 0 Å². The van der Waals surface area contributed by atoms with Crippen LogP contribution in [0.1, 0.15) is 44.3 Å². The summed E-state index contributed by atoms with van der Waals surface area (Å²) < 4.78 is 2.09. The summed E-state index contributed by atoms with van der Waals surface area (Å²) in [6, 6.07) is 4.25. The summed E-state index contributed by atoms with van der Waals surface area (Å²) in [5, 5.41) is 3.47. The molecule has 2 aromatic heterocycles. The molecule has 4 heteroatoms. The highest BCUT2D eigenvalue weighted by Gasteiger charge is 2.07. The predicted octanol–water partition coefficient (Wildman–Crippen LogP) is 3.27. The Morgan fingerprint density at radius 2 is 2.10 bits per heavy atom. The third kappa shape index (κ3) is 4.14. The summed E-state index contributed by atoms with van der Waals surface area (Å²) in [7, 11) is 0. The number of aromatic nitrogens is 3. The third-order valence-electron chi connectivity index (χ3n) is 3.49. The maximum Gasteiger partial charge on any atom is 0.138 e. The van der Waals surface area contributed by atoms with Crippen molar-refractivity contribution in [3.63, 3.8) is 0 Å². The van der Waals surface area contributed by atoms with Gasteiger partial charge in [-0.3, -0.25) is 4.57 Å². The normalized spacial score (nSPS) is 11.3. The summed E-state index contributed by atoms with van der Waals surface area (Å²) >= 11 is 0. The summed E-state index contributed by atoms with van der Waals surface area (Å²) in [5.74, 6) is 2.70. The maximum atomic E-state index is 4.74. The van der Waals surface area contributed by atoms with E-state index in [2.05, 4.69) is 54.7 Å². The molecule has 2 aromatic rings. The molecular formula is C17H26N4. The highest BCUT2D eigenvalue weighted by molar-refractivity contribution is 5.31. The standard InChI is InChI=1S/C17H26N4/c1-5-6-16-19-9-10-21(16)17-8-7-15(14(4)20-17)12-18-11-13(2)3/h7-10,13,18H,5-6,11-12H2,1-4H3. The quantitative estimate of drug-likeness (QED) is 0.849. The number of rotatable bonds is 7. The molecule has 2 rings (SSSR count). The van der Waals surface area contributed by atoms with E-state index in [1.54, 1.807) is 0 Å². The maximum absolute atomic E-state index is 4.74. The second-order valence-electron chi connectivity index (χ2n) is 5.90. The SMILES string of the molecule is CCCc1nccn1-c1ccc(CNCC(C)C)c(C)n1. The molecule has 2 heterocycles. The van der Waals surface area contributed by atoms with Gasteiger partial charge in [0.1, 0.15) is 11.6 Å². The molecule has 0 aliphatic rings. The lowest BCUT2D eigenvalue weighted by Gasteiger charge is -2.12. The Balaban J connectivity index is 2.13. The Morgan fingerprint density at radius 3 is 2.76 bits per heavy atom. The smallest absolute Gasteiger partial charge is 0.138 e. The zero-order chi connectivity index (χ0) is 15.2. The lowest BCUT2D eigenvalue weighted by atomic mass is 10.2. The predicted molar refractivity (Wildman–Crippen MR) is 86.6 cm³/mol. The molecule has 4 nitrogen and oxygen atoms in total. The van der Waals surface area contributed by atoms with Gasteiger partial charge in [0.05, 0.1) is 0 Å². The topological polar surface area (TPSA) is 42.7 Å². The summed E-state index contributed by atoms with van der Waals surface area (Å²) in [6.45, 7) is 10.6. The van der Waals surface area contributed by atoms with Gasteiger partial charge in [0.25, 0.3) is 0 Å². The molecule has 0 aromatic carbocycles. The van der Waals surface area contributed by atoms with Crippen molar-refractivity contribution in [1.29, 1.82) is 0 Å². The molecule has 1 N–H and O–H groups in total. The van der Waals surface area contributed by atoms with E-state index in [0.29, 0.717) is 5.92 Å². The van der Waals surface area contributed by atoms with Gasteiger partial charge in [-0.25, -0.2) is 9.97 Å². The van der Waals surface area contributed by atoms with Gasteiger partial charge in [0, 0.05) is 31.1 Å². The van der Waals surface area contributed by atoms with Crippen molar-refractivity contribution < 1.29 is 0 Å². The van der Waals surface area contributed by atoms with E-state index in [1.807, 2.05) is 12.4 Å². The van der Waals surface area contributed by atoms with Crippen LogP contribution in [0, 0.1) is 12.8 Å². The number of hydrogen-bond acceptors (Lipinski definition) is 3. The molecule has 0 radical (unpaired) electrons. The van der Waals surface area contributed by atoms with E-state index in [9.17, 15) is 0 Å². The van der Waals surface area contributed by atoms with Crippen molar-refractivity contribution in [1.82, 2.24) is 19.9 Å². The average Bonchev–Trinajstić information content (AvgIpc) is 2.89. The fourth-order valence-electron chi connectivity index (χ4n) is 2.34. The van der Waals surface area contributed by atoms with Crippen LogP contribution in [-0.2, 0) is 13.0 Å². The van der Waals surface area contributed by atoms with Gasteiger partial charge in [-0.05, 0) is 37.4 Å². The van der Waals surface area contributed by atoms with Gasteiger partial charge in [0.15, 0.2) is 0 Å². The fourth-order valence-corrected chi connectivity index (χ4v) is 2.34. The number of nitrogens with zero attached hydrogens (tertiary/aromatic N) is 3. The first-order chi connectivity index (χ1) is 10.1. The Morgan fingerprint density at radius 1 is 1.29 bits per heavy atom. The number of aryl methyl sites for hydroxylation is 2. The summed E-state index contributed by atoms with van der Waals surface area (Å²) in [5.41, 5.74) is 2.34. The zero-order valence-electron chi connectivity index (χ0n) is 13.6. The van der Waals surface area contributed by atoms with Crippen molar-refractivity contribution in [2.75, 3.05) is 6.54 Å². The van der Waals surface area contributed by atoms with E-state index in [4.69, 9.17) is 4.98 Å². The Hall–Kier alpha value is -1.68. The van der Waals surface area contributed by atoms with Crippen LogP contribution in [0.15, 0.2) is 24.5 Å². The minimum absolute atomic E-state index is 0.667. The van der Waals surface area contributed by atoms with Crippen LogP contribution in [0.4, 0.5) is 0 Å². The molecule has 0 amide bonds. The molecular weight excluding hydrogens is 260 g/mol. The van der Waals surface area contributed by atoms with Gasteiger partial charge in [-0.15, -0.1) is 0 Å². The number of imidazole rings is 1. The van der Waals surface area contributed by atoms with Crippen molar-refractivity contribution >= 4 is 0 Å². The van der Waals surface area contributed by atoms with Crippen LogP contribution in [0.5, 0.6) is 0 Å². The van der Waals surface area contributed by atoms with Crippen LogP contribution in [0.3, 0.4) is 0 Å². The lowest BCUT2D eigenvalue weighted by Crippen LogP contribution is -2.20. The van der Waals surface area contributed by atoms with Gasteiger partial charge in [0.2, 0.25) is 0 Å². The lowest BCUT2D eigenvalue weighted by molar-refractivity contribution is 0.551. The second-order valence-corrected chi connectivity index (χ2v) is 5.90. The minimum Gasteiger partial charge on any atom is -0.312 e. The monoisotopic (exact) mass is 286 g/mol. The Labute approximate surface area is 127 Å². The average molecular weight is 286 g/mol. The highest BCUT2D eigenvalue weighted by atomic mass is 15.1. The minimum atomic E-state index is 0.667. The largest absolute Gasteiger partial charge is 0.312 e. The first-order valence-corrected chi connectivity index (χ1v) is 7.81. The van der Waals surface area contributed by atoms with Crippen LogP contribution in [0.2, 0.25) is 0 Å². The van der Waals surface area contributed by atoms with E-state index < -0.39 is 0 Å². The highest BCUT2D eigenvalue weighted by Crippen LogP contribution is 2.13. The summed E-state index contributed by atoms with van der Waals surface area (Å²) in [4.78, 5) is 9.15. The van der Waals surface area contributed by atoms with Crippen molar-refractivity contribution in [2.45, 2.75) is 47.1 Å². The first kappa shape index (κ1) is 15.7. The molecule has 0 aliphatic carbocycles. The first-order valence-electron chi connectivity index (χ1n) is 7.81. The van der Waals surface area contributed by atoms with E-state index in [1.165, 1.54) is 5.56 Å². The molecule has 0 aliphatic heterocycles. The summed E-state index contributed by atoms with van der Waals surface area (Å²) in [6.07, 6.45) is 5.90. The van der Waals surface area contributed by atoms with Crippen molar-refractivity contribution in [3.05, 3.63) is 41.6 Å². The van der Waals surface area contributed by atoms with Gasteiger partial charge >= 0.3 is 0 Å². The van der Waals surface area contributed by atoms with Crippen LogP contribution in [0.25, 0.3) is 5.82 Å². The molecule has 21 heavy (non-hydrogen) atoms. The van der Waals surface area contributed by atoms with Gasteiger partial charge in [-0.1, -0.05) is 26.8 Å². The molecule has 0 fully saturated rings. The number of hydrogen-bond donors (Lipinski definition) is 1. The zero-order valence-corrected chi connectivity index (χ0v) is 13.6. The molecule has 0 unspecified atom stereocenters. The second kappa shape index (κ2) is 7.36. The Kier molecular flexibility index (Phi) is 5.51. The molecule has 114 valence electrons. The van der Waals surface area contributed by atoms with E-state index in [-0.39, 0.29) is 0 Å². The van der Waals surface area contributed by atoms with Crippen molar-refractivity contribution in [2.24, 2.45) is 5.92 Å². The van der Waals surface area contributed by atoms with Gasteiger partial charge < -0.3 is 5.32 Å².